The number of sulfonamides is 1. The lowest BCUT2D eigenvalue weighted by Gasteiger charge is -2.37. The lowest BCUT2D eigenvalue weighted by atomic mass is 9.79. The van der Waals surface area contributed by atoms with E-state index in [-0.39, 0.29) is 34.5 Å². The predicted molar refractivity (Wildman–Crippen MR) is 158 cm³/mol. The van der Waals surface area contributed by atoms with Gasteiger partial charge in [0.25, 0.3) is 0 Å². The number of carbonyl (C=O) groups is 1. The van der Waals surface area contributed by atoms with Gasteiger partial charge in [0.2, 0.25) is 10.0 Å². The van der Waals surface area contributed by atoms with Crippen molar-refractivity contribution in [3.05, 3.63) is 63.7 Å². The summed E-state index contributed by atoms with van der Waals surface area (Å²) in [5.41, 5.74) is 3.13. The van der Waals surface area contributed by atoms with E-state index in [0.29, 0.717) is 41.2 Å². The first-order valence-corrected chi connectivity index (χ1v) is 15.4. The maximum atomic E-state index is 15.7. The molecule has 8 nitrogen and oxygen atoms in total. The zero-order chi connectivity index (χ0) is 30.9. The van der Waals surface area contributed by atoms with Gasteiger partial charge in [0.05, 0.1) is 29.8 Å². The fourth-order valence-electron chi connectivity index (χ4n) is 6.03. The lowest BCUT2D eigenvalue weighted by Crippen LogP contribution is -2.35. The van der Waals surface area contributed by atoms with Crippen LogP contribution in [0, 0.1) is 32.4 Å². The van der Waals surface area contributed by atoms with Crippen LogP contribution < -0.4 is 14.4 Å². The van der Waals surface area contributed by atoms with Crippen LogP contribution in [0.2, 0.25) is 0 Å². The van der Waals surface area contributed by atoms with Crippen molar-refractivity contribution >= 4 is 27.4 Å². The van der Waals surface area contributed by atoms with Gasteiger partial charge in [-0.3, -0.25) is 4.31 Å². The van der Waals surface area contributed by atoms with Crippen LogP contribution in [-0.4, -0.2) is 44.5 Å². The molecule has 2 heterocycles. The van der Waals surface area contributed by atoms with Gasteiger partial charge in [0, 0.05) is 23.2 Å². The Hall–Kier alpha value is -3.70. The number of rotatable bonds is 5. The Morgan fingerprint density at radius 2 is 1.74 bits per heavy atom. The van der Waals surface area contributed by atoms with Gasteiger partial charge in [0.1, 0.15) is 12.4 Å². The molecule has 0 fully saturated rings. The molecule has 11 heteroatoms. The van der Waals surface area contributed by atoms with Gasteiger partial charge in [-0.1, -0.05) is 12.1 Å². The summed E-state index contributed by atoms with van der Waals surface area (Å²) >= 11 is 0. The van der Waals surface area contributed by atoms with Crippen LogP contribution in [0.3, 0.4) is 0 Å². The summed E-state index contributed by atoms with van der Waals surface area (Å²) in [6, 6.07) is 5.94. The van der Waals surface area contributed by atoms with Crippen molar-refractivity contribution in [1.82, 2.24) is 0 Å². The van der Waals surface area contributed by atoms with E-state index < -0.39 is 39.3 Å². The van der Waals surface area contributed by atoms with Crippen LogP contribution in [0.15, 0.2) is 24.3 Å². The second-order valence-electron chi connectivity index (χ2n) is 11.8. The van der Waals surface area contributed by atoms with Crippen LogP contribution in [0.1, 0.15) is 54.7 Å². The molecular weight excluding hydrogens is 566 g/mol. The summed E-state index contributed by atoms with van der Waals surface area (Å²) in [7, 11) is -3.94. The molecule has 0 saturated heterocycles. The maximum Gasteiger partial charge on any atom is 0.337 e. The monoisotopic (exact) mass is 600 g/mol. The number of anilines is 2. The smallest absolute Gasteiger partial charge is 0.337 e. The maximum absolute atomic E-state index is 15.7. The number of hydrogen-bond donors (Lipinski definition) is 2. The van der Waals surface area contributed by atoms with E-state index in [1.807, 2.05) is 6.92 Å². The van der Waals surface area contributed by atoms with Crippen LogP contribution in [0.4, 0.5) is 20.2 Å². The second-order valence-corrected chi connectivity index (χ2v) is 13.7. The Balaban J connectivity index is 2.00. The average molecular weight is 601 g/mol. The molecule has 3 aromatic rings. The highest BCUT2D eigenvalue weighted by Gasteiger charge is 2.40. The van der Waals surface area contributed by atoms with E-state index in [9.17, 15) is 22.7 Å². The number of benzene rings is 3. The molecule has 0 saturated carbocycles. The number of fused-ring (bicyclic) bond motifs is 4. The van der Waals surface area contributed by atoms with Gasteiger partial charge in [-0.2, -0.15) is 0 Å². The van der Waals surface area contributed by atoms with Gasteiger partial charge in [-0.15, -0.1) is 0 Å². The SMILES string of the molecule is Cc1c(-c2c(C)c3c(c(C)c2[C@H](OC(C)(C)C)C(=O)O)N(S(C)(=O)=O)Cc2ccc(F)c(F)c2-3)ccc2c1NCCO2. The first-order valence-electron chi connectivity index (χ1n) is 13.6. The molecule has 5 rings (SSSR count). The molecular formula is C31H34F2N2O6S. The minimum absolute atomic E-state index is 0.0426. The van der Waals surface area contributed by atoms with Crippen molar-refractivity contribution in [3.63, 3.8) is 0 Å². The Kier molecular flexibility index (Phi) is 7.26. The average Bonchev–Trinajstić information content (AvgIpc) is 2.90. The Labute approximate surface area is 244 Å². The highest BCUT2D eigenvalue weighted by molar-refractivity contribution is 7.92. The topological polar surface area (TPSA) is 105 Å². The van der Waals surface area contributed by atoms with Gasteiger partial charge in [-0.25, -0.2) is 22.0 Å². The minimum Gasteiger partial charge on any atom is -0.490 e. The number of aliphatic carboxylic acids is 1. The van der Waals surface area contributed by atoms with Gasteiger partial charge >= 0.3 is 5.97 Å². The molecule has 3 aromatic carbocycles. The Bertz CT molecular complexity index is 1750. The fraction of sp³-hybridized carbons (Fsp3) is 0.387. The number of carboxylic acid groups (broad SMARTS) is 1. The quantitative estimate of drug-likeness (QED) is 0.357. The minimum atomic E-state index is -3.94. The number of hydrogen-bond acceptors (Lipinski definition) is 6. The molecule has 0 radical (unpaired) electrons. The fourth-order valence-corrected chi connectivity index (χ4v) is 6.96. The van der Waals surface area contributed by atoms with Crippen molar-refractivity contribution in [3.8, 4) is 28.0 Å². The van der Waals surface area contributed by atoms with E-state index in [4.69, 9.17) is 9.47 Å². The first-order chi connectivity index (χ1) is 19.5. The van der Waals surface area contributed by atoms with E-state index in [1.165, 1.54) is 6.07 Å². The third-order valence-electron chi connectivity index (χ3n) is 7.73. The zero-order valence-corrected chi connectivity index (χ0v) is 25.4. The van der Waals surface area contributed by atoms with Crippen molar-refractivity contribution in [2.75, 3.05) is 29.0 Å². The lowest BCUT2D eigenvalue weighted by molar-refractivity contribution is -0.160. The molecule has 2 N–H and O–H groups in total. The number of nitrogens with one attached hydrogen (secondary N) is 1. The van der Waals surface area contributed by atoms with Gasteiger partial charge in [0.15, 0.2) is 17.7 Å². The predicted octanol–water partition coefficient (Wildman–Crippen LogP) is 6.25. The van der Waals surface area contributed by atoms with Gasteiger partial charge < -0.3 is 19.9 Å². The van der Waals surface area contributed by atoms with Gasteiger partial charge in [-0.05, 0) is 87.1 Å². The molecule has 0 spiro atoms. The van der Waals surface area contributed by atoms with E-state index in [2.05, 4.69) is 5.32 Å². The first kappa shape index (κ1) is 29.8. The third-order valence-corrected chi connectivity index (χ3v) is 8.84. The van der Waals surface area contributed by atoms with Crippen LogP contribution in [0.25, 0.3) is 22.3 Å². The van der Waals surface area contributed by atoms with E-state index in [0.717, 1.165) is 27.9 Å². The van der Waals surface area contributed by atoms with E-state index >= 15 is 4.39 Å². The Morgan fingerprint density at radius 1 is 1.05 bits per heavy atom. The molecule has 0 bridgehead atoms. The zero-order valence-electron chi connectivity index (χ0n) is 24.6. The molecule has 2 aliphatic rings. The number of halogens is 2. The summed E-state index contributed by atoms with van der Waals surface area (Å²) in [6.07, 6.45) is -0.479. The van der Waals surface area contributed by atoms with Crippen LogP contribution >= 0.6 is 0 Å². The van der Waals surface area contributed by atoms with Crippen molar-refractivity contribution in [2.45, 2.75) is 59.8 Å². The molecule has 0 unspecified atom stereocenters. The third kappa shape index (κ3) is 4.88. The normalized spacial score (nSPS) is 15.2. The van der Waals surface area contributed by atoms with Crippen LogP contribution in [0.5, 0.6) is 5.75 Å². The highest BCUT2D eigenvalue weighted by atomic mass is 32.2. The summed E-state index contributed by atoms with van der Waals surface area (Å²) in [6.45, 7) is 11.1. The molecule has 224 valence electrons. The number of nitrogens with zero attached hydrogens (tertiary/aromatic N) is 1. The second kappa shape index (κ2) is 10.2. The molecule has 0 aromatic heterocycles. The molecule has 0 aliphatic carbocycles. The largest absolute Gasteiger partial charge is 0.490 e. The van der Waals surface area contributed by atoms with E-state index in [1.54, 1.807) is 46.8 Å². The molecule has 42 heavy (non-hydrogen) atoms. The summed E-state index contributed by atoms with van der Waals surface area (Å²) in [5, 5.41) is 13.8. The molecule has 2 aliphatic heterocycles. The summed E-state index contributed by atoms with van der Waals surface area (Å²) in [4.78, 5) is 12.9. The summed E-state index contributed by atoms with van der Waals surface area (Å²) < 4.78 is 69.8. The van der Waals surface area contributed by atoms with Crippen LogP contribution in [-0.2, 0) is 26.1 Å². The van der Waals surface area contributed by atoms with Crippen molar-refractivity contribution in [1.29, 1.82) is 0 Å². The molecule has 0 amide bonds. The number of ether oxygens (including phenoxy) is 2. The highest BCUT2D eigenvalue weighted by Crippen LogP contribution is 2.53. The summed E-state index contributed by atoms with van der Waals surface area (Å²) in [5.74, 6) is -2.80. The Morgan fingerprint density at radius 3 is 2.36 bits per heavy atom. The molecule has 1 atom stereocenters. The van der Waals surface area contributed by atoms with Crippen molar-refractivity contribution in [2.24, 2.45) is 0 Å². The number of carboxylic acids is 1. The van der Waals surface area contributed by atoms with Crippen molar-refractivity contribution < 1.29 is 36.6 Å². The standard InChI is InChI=1S/C31H34F2N2O6S/c1-15-19(9-11-21-27(15)34-12-13-40-21)22-16(2)23-25-18(8-10-20(32)26(25)33)14-35(42(7,38)39)28(23)17(3)24(22)29(30(36)37)41-31(4,5)6/h8-11,29,34H,12-14H2,1-7H3,(H,36,37)/t29-/m0/s1.